The molecular formula is C26H24ClN3O2. The number of hydrogen-bond acceptors (Lipinski definition) is 4. The van der Waals surface area contributed by atoms with Gasteiger partial charge >= 0.3 is 0 Å². The minimum absolute atomic E-state index is 0.175. The molecule has 1 aliphatic heterocycles. The lowest BCUT2D eigenvalue weighted by Crippen LogP contribution is -2.48. The Balaban J connectivity index is 1.17. The summed E-state index contributed by atoms with van der Waals surface area (Å²) in [7, 11) is 0. The molecule has 1 saturated heterocycles. The van der Waals surface area contributed by atoms with E-state index in [4.69, 9.17) is 16.0 Å². The molecule has 6 heteroatoms. The van der Waals surface area contributed by atoms with Crippen LogP contribution in [0.3, 0.4) is 0 Å². The molecule has 162 valence electrons. The Bertz CT molecular complexity index is 1230. The van der Waals surface area contributed by atoms with Crippen LogP contribution in [0.15, 0.2) is 77.3 Å². The number of hydrogen-bond donors (Lipinski definition) is 0. The van der Waals surface area contributed by atoms with Crippen LogP contribution in [0.25, 0.3) is 22.2 Å². The molecule has 1 amide bonds. The van der Waals surface area contributed by atoms with Gasteiger partial charge in [-0.1, -0.05) is 41.9 Å². The minimum Gasteiger partial charge on any atom is -0.461 e. The van der Waals surface area contributed by atoms with Crippen LogP contribution < -0.4 is 4.90 Å². The van der Waals surface area contributed by atoms with Crippen molar-refractivity contribution in [2.24, 2.45) is 0 Å². The maximum absolute atomic E-state index is 12.8. The third kappa shape index (κ3) is 4.34. The molecule has 0 N–H and O–H groups in total. The molecule has 2 aromatic heterocycles. The molecule has 0 radical (unpaired) electrons. The van der Waals surface area contributed by atoms with E-state index in [0.29, 0.717) is 31.0 Å². The van der Waals surface area contributed by atoms with Gasteiger partial charge in [-0.15, -0.1) is 0 Å². The highest BCUT2D eigenvalue weighted by Gasteiger charge is 2.22. The van der Waals surface area contributed by atoms with Crippen LogP contribution in [0, 0.1) is 0 Å². The first-order chi connectivity index (χ1) is 15.7. The average Bonchev–Trinajstić information content (AvgIpc) is 3.32. The van der Waals surface area contributed by atoms with Gasteiger partial charge in [0.25, 0.3) is 0 Å². The van der Waals surface area contributed by atoms with E-state index in [0.717, 1.165) is 46.8 Å². The van der Waals surface area contributed by atoms with Gasteiger partial charge in [-0.05, 0) is 36.4 Å². The van der Waals surface area contributed by atoms with Gasteiger partial charge in [0, 0.05) is 66.9 Å². The monoisotopic (exact) mass is 445 g/mol. The molecule has 2 aromatic carbocycles. The van der Waals surface area contributed by atoms with Crippen LogP contribution in [0.5, 0.6) is 0 Å². The summed E-state index contributed by atoms with van der Waals surface area (Å²) in [5, 5.41) is 1.77. The van der Waals surface area contributed by atoms with E-state index in [-0.39, 0.29) is 5.91 Å². The predicted molar refractivity (Wildman–Crippen MR) is 128 cm³/mol. The standard InChI is InChI=1S/C26H24ClN3O2/c27-20-6-9-22-23(18-20)28-13-12-24(22)29-14-16-30(17-15-29)26(31)11-8-21-7-10-25(32-21)19-4-2-1-3-5-19/h1-7,9-10,12-13,18H,8,11,14-17H2. The zero-order chi connectivity index (χ0) is 21.9. The number of carbonyl (C=O) groups excluding carboxylic acids is 1. The zero-order valence-corrected chi connectivity index (χ0v) is 18.5. The van der Waals surface area contributed by atoms with Crippen molar-refractivity contribution < 1.29 is 9.21 Å². The average molecular weight is 446 g/mol. The van der Waals surface area contributed by atoms with E-state index >= 15 is 0 Å². The van der Waals surface area contributed by atoms with Crippen molar-refractivity contribution >= 4 is 34.1 Å². The van der Waals surface area contributed by atoms with Crippen molar-refractivity contribution in [1.29, 1.82) is 0 Å². The molecule has 0 atom stereocenters. The highest BCUT2D eigenvalue weighted by molar-refractivity contribution is 6.31. The normalized spacial score (nSPS) is 14.2. The Morgan fingerprint density at radius 3 is 2.59 bits per heavy atom. The Labute approximate surface area is 192 Å². The number of fused-ring (bicyclic) bond motifs is 1. The van der Waals surface area contributed by atoms with Gasteiger partial charge in [0.2, 0.25) is 5.91 Å². The first kappa shape index (κ1) is 20.6. The summed E-state index contributed by atoms with van der Waals surface area (Å²) in [6.45, 7) is 3.02. The largest absolute Gasteiger partial charge is 0.461 e. The fourth-order valence-electron chi connectivity index (χ4n) is 4.24. The van der Waals surface area contributed by atoms with E-state index in [2.05, 4.69) is 9.88 Å². The van der Waals surface area contributed by atoms with Crippen LogP contribution in [-0.4, -0.2) is 42.0 Å². The van der Waals surface area contributed by atoms with Crippen LogP contribution in [0.4, 0.5) is 5.69 Å². The lowest BCUT2D eigenvalue weighted by atomic mass is 10.1. The molecule has 1 fully saturated rings. The summed E-state index contributed by atoms with van der Waals surface area (Å²) < 4.78 is 5.94. The number of carbonyl (C=O) groups is 1. The smallest absolute Gasteiger partial charge is 0.223 e. The lowest BCUT2D eigenvalue weighted by Gasteiger charge is -2.36. The maximum Gasteiger partial charge on any atom is 0.223 e. The molecule has 0 bridgehead atoms. The summed E-state index contributed by atoms with van der Waals surface area (Å²) in [6.07, 6.45) is 2.89. The molecule has 5 nitrogen and oxygen atoms in total. The van der Waals surface area contributed by atoms with Crippen molar-refractivity contribution in [1.82, 2.24) is 9.88 Å². The number of halogens is 1. The van der Waals surface area contributed by atoms with E-state index in [1.165, 1.54) is 0 Å². The van der Waals surface area contributed by atoms with Crippen molar-refractivity contribution in [2.45, 2.75) is 12.8 Å². The molecule has 5 rings (SSSR count). The zero-order valence-electron chi connectivity index (χ0n) is 17.7. The second-order valence-electron chi connectivity index (χ2n) is 7.99. The highest BCUT2D eigenvalue weighted by Crippen LogP contribution is 2.28. The third-order valence-corrected chi connectivity index (χ3v) is 6.20. The number of pyridine rings is 1. The summed E-state index contributed by atoms with van der Waals surface area (Å²) in [5.41, 5.74) is 3.08. The second kappa shape index (κ2) is 9.05. The number of nitrogens with zero attached hydrogens (tertiary/aromatic N) is 3. The number of piperazine rings is 1. The van der Waals surface area contributed by atoms with Gasteiger partial charge in [0.15, 0.2) is 0 Å². The minimum atomic E-state index is 0.175. The molecular weight excluding hydrogens is 422 g/mol. The van der Waals surface area contributed by atoms with Gasteiger partial charge in [0.1, 0.15) is 11.5 Å². The van der Waals surface area contributed by atoms with Gasteiger partial charge in [-0.2, -0.15) is 0 Å². The van der Waals surface area contributed by atoms with Crippen molar-refractivity contribution in [2.75, 3.05) is 31.1 Å². The van der Waals surface area contributed by atoms with Gasteiger partial charge in [0.05, 0.1) is 5.52 Å². The van der Waals surface area contributed by atoms with E-state index in [1.807, 2.05) is 77.8 Å². The summed E-state index contributed by atoms with van der Waals surface area (Å²) in [6, 6.07) is 21.8. The maximum atomic E-state index is 12.8. The number of anilines is 1. The first-order valence-electron chi connectivity index (χ1n) is 10.9. The first-order valence-corrected chi connectivity index (χ1v) is 11.3. The fourth-order valence-corrected chi connectivity index (χ4v) is 4.40. The summed E-state index contributed by atoms with van der Waals surface area (Å²) >= 11 is 6.11. The molecule has 4 aromatic rings. The third-order valence-electron chi connectivity index (χ3n) is 5.96. The topological polar surface area (TPSA) is 49.6 Å². The quantitative estimate of drug-likeness (QED) is 0.411. The van der Waals surface area contributed by atoms with Crippen LogP contribution in [0.2, 0.25) is 5.02 Å². The lowest BCUT2D eigenvalue weighted by molar-refractivity contribution is -0.131. The van der Waals surface area contributed by atoms with Gasteiger partial charge < -0.3 is 14.2 Å². The van der Waals surface area contributed by atoms with Gasteiger partial charge in [-0.25, -0.2) is 0 Å². The Morgan fingerprint density at radius 1 is 0.969 bits per heavy atom. The summed E-state index contributed by atoms with van der Waals surface area (Å²) in [4.78, 5) is 21.5. The number of furan rings is 1. The Morgan fingerprint density at radius 2 is 1.78 bits per heavy atom. The number of amides is 1. The predicted octanol–water partition coefficient (Wildman–Crippen LogP) is 5.43. The molecule has 0 unspecified atom stereocenters. The molecule has 0 spiro atoms. The number of aromatic nitrogens is 1. The van der Waals surface area contributed by atoms with Gasteiger partial charge in [-0.3, -0.25) is 9.78 Å². The van der Waals surface area contributed by atoms with Crippen molar-refractivity contribution in [3.05, 3.63) is 83.7 Å². The number of aryl methyl sites for hydroxylation is 1. The molecule has 0 saturated carbocycles. The molecule has 32 heavy (non-hydrogen) atoms. The SMILES string of the molecule is O=C(CCc1ccc(-c2ccccc2)o1)N1CCN(c2ccnc3cc(Cl)ccc23)CC1. The number of benzene rings is 2. The highest BCUT2D eigenvalue weighted by atomic mass is 35.5. The van der Waals surface area contributed by atoms with Crippen LogP contribution in [-0.2, 0) is 11.2 Å². The van der Waals surface area contributed by atoms with Crippen LogP contribution in [0.1, 0.15) is 12.2 Å². The van der Waals surface area contributed by atoms with E-state index in [1.54, 1.807) is 0 Å². The molecule has 1 aliphatic rings. The van der Waals surface area contributed by atoms with Crippen molar-refractivity contribution in [3.8, 4) is 11.3 Å². The second-order valence-corrected chi connectivity index (χ2v) is 8.43. The number of rotatable bonds is 5. The fraction of sp³-hybridized carbons (Fsp3) is 0.231. The van der Waals surface area contributed by atoms with Crippen LogP contribution >= 0.6 is 11.6 Å². The molecule has 0 aliphatic carbocycles. The van der Waals surface area contributed by atoms with E-state index in [9.17, 15) is 4.79 Å². The van der Waals surface area contributed by atoms with Crippen molar-refractivity contribution in [3.63, 3.8) is 0 Å². The Kier molecular flexibility index (Phi) is 5.82. The Hall–Kier alpha value is -3.31. The molecule has 3 heterocycles. The summed E-state index contributed by atoms with van der Waals surface area (Å²) in [5.74, 6) is 1.86. The van der Waals surface area contributed by atoms with E-state index < -0.39 is 0 Å².